The van der Waals surface area contributed by atoms with Crippen LogP contribution in [0.2, 0.25) is 0 Å². The molecule has 2 aromatic heterocycles. The largest absolute Gasteiger partial charge is 0.480 e. The van der Waals surface area contributed by atoms with Crippen molar-refractivity contribution in [3.8, 4) is 11.4 Å². The van der Waals surface area contributed by atoms with Crippen molar-refractivity contribution in [3.63, 3.8) is 0 Å². The number of aromatic nitrogens is 2. The van der Waals surface area contributed by atoms with Crippen LogP contribution in [0.4, 0.5) is 0 Å². The van der Waals surface area contributed by atoms with E-state index in [0.29, 0.717) is 24.7 Å². The topological polar surface area (TPSA) is 79.5 Å². The molecule has 0 saturated carbocycles. The van der Waals surface area contributed by atoms with Crippen molar-refractivity contribution in [2.45, 2.75) is 25.4 Å². The predicted molar refractivity (Wildman–Crippen MR) is 75.9 cm³/mol. The zero-order valence-electron chi connectivity index (χ0n) is 10.6. The molecule has 0 spiro atoms. The second-order valence-corrected chi connectivity index (χ2v) is 5.27. The van der Waals surface area contributed by atoms with Gasteiger partial charge in [-0.15, -0.1) is 12.4 Å². The van der Waals surface area contributed by atoms with E-state index in [0.717, 1.165) is 18.5 Å². The number of hydrogen-bond acceptors (Lipinski definition) is 6. The predicted octanol–water partition coefficient (Wildman–Crippen LogP) is 2.27. The molecule has 2 aromatic rings. The quantitative estimate of drug-likeness (QED) is 0.932. The van der Waals surface area contributed by atoms with E-state index < -0.39 is 12.0 Å². The van der Waals surface area contributed by atoms with Gasteiger partial charge in [-0.2, -0.15) is 16.3 Å². The lowest BCUT2D eigenvalue weighted by Crippen LogP contribution is -2.35. The molecule has 3 rings (SSSR count). The lowest BCUT2D eigenvalue weighted by molar-refractivity contribution is -0.142. The van der Waals surface area contributed by atoms with Gasteiger partial charge in [-0.05, 0) is 30.8 Å². The minimum atomic E-state index is -0.782. The van der Waals surface area contributed by atoms with Crippen LogP contribution in [0.25, 0.3) is 11.4 Å². The van der Waals surface area contributed by atoms with E-state index in [1.807, 2.05) is 21.7 Å². The number of rotatable bonds is 4. The Balaban J connectivity index is 0.00000147. The van der Waals surface area contributed by atoms with Gasteiger partial charge in [0.05, 0.1) is 6.54 Å². The van der Waals surface area contributed by atoms with E-state index in [1.165, 1.54) is 0 Å². The highest BCUT2D eigenvalue weighted by atomic mass is 35.5. The Hall–Kier alpha value is -1.44. The number of thiophene rings is 1. The maximum atomic E-state index is 11.1. The zero-order valence-corrected chi connectivity index (χ0v) is 12.2. The first-order chi connectivity index (χ1) is 9.24. The number of hydrogen-bond donors (Lipinski definition) is 1. The van der Waals surface area contributed by atoms with Gasteiger partial charge in [0.1, 0.15) is 6.04 Å². The molecule has 108 valence electrons. The molecule has 1 atom stereocenters. The van der Waals surface area contributed by atoms with Crippen LogP contribution in [0, 0.1) is 0 Å². The van der Waals surface area contributed by atoms with E-state index in [1.54, 1.807) is 11.3 Å². The average molecular weight is 316 g/mol. The van der Waals surface area contributed by atoms with E-state index in [9.17, 15) is 4.79 Å². The molecule has 6 nitrogen and oxygen atoms in total. The molecule has 0 radical (unpaired) electrons. The lowest BCUT2D eigenvalue weighted by Gasteiger charge is -2.18. The van der Waals surface area contributed by atoms with Gasteiger partial charge in [0, 0.05) is 10.9 Å². The fourth-order valence-electron chi connectivity index (χ4n) is 2.30. The van der Waals surface area contributed by atoms with Gasteiger partial charge >= 0.3 is 5.97 Å². The second-order valence-electron chi connectivity index (χ2n) is 4.49. The molecule has 0 aliphatic carbocycles. The molecule has 1 fully saturated rings. The van der Waals surface area contributed by atoms with Gasteiger partial charge in [0.2, 0.25) is 11.7 Å². The number of carboxylic acid groups (broad SMARTS) is 1. The fraction of sp³-hybridized carbons (Fsp3) is 0.417. The number of carboxylic acids is 1. The van der Waals surface area contributed by atoms with Crippen molar-refractivity contribution in [2.24, 2.45) is 0 Å². The van der Waals surface area contributed by atoms with Crippen LogP contribution >= 0.6 is 23.7 Å². The van der Waals surface area contributed by atoms with Gasteiger partial charge in [0.15, 0.2) is 0 Å². The van der Waals surface area contributed by atoms with Crippen LogP contribution in [0.1, 0.15) is 18.7 Å². The molecule has 20 heavy (non-hydrogen) atoms. The number of halogens is 1. The summed E-state index contributed by atoms with van der Waals surface area (Å²) < 4.78 is 5.19. The van der Waals surface area contributed by atoms with Gasteiger partial charge in [-0.1, -0.05) is 5.16 Å². The lowest BCUT2D eigenvalue weighted by atomic mass is 10.2. The molecule has 0 aromatic carbocycles. The maximum Gasteiger partial charge on any atom is 0.320 e. The standard InChI is InChI=1S/C12H13N3O3S.ClH/c16-12(17)9-2-1-4-15(9)6-10-13-11(14-18-10)8-3-5-19-7-8;/h3,5,7,9H,1-2,4,6H2,(H,16,17);1H. The fourth-order valence-corrected chi connectivity index (χ4v) is 2.93. The summed E-state index contributed by atoms with van der Waals surface area (Å²) in [7, 11) is 0. The zero-order chi connectivity index (χ0) is 13.2. The molecular formula is C12H14ClN3O3S. The Morgan fingerprint density at radius 2 is 2.45 bits per heavy atom. The molecule has 0 amide bonds. The van der Waals surface area contributed by atoms with Gasteiger partial charge < -0.3 is 9.63 Å². The Bertz CT molecular complexity index is 572. The normalized spacial score (nSPS) is 18.9. The minimum absolute atomic E-state index is 0. The molecule has 1 aliphatic rings. The summed E-state index contributed by atoms with van der Waals surface area (Å²) in [6.07, 6.45) is 1.57. The molecule has 1 saturated heterocycles. The van der Waals surface area contributed by atoms with Gasteiger partial charge in [-0.25, -0.2) is 0 Å². The first kappa shape index (κ1) is 15.0. The van der Waals surface area contributed by atoms with Crippen molar-refractivity contribution in [1.29, 1.82) is 0 Å². The average Bonchev–Trinajstić information content (AvgIpc) is 3.09. The summed E-state index contributed by atoms with van der Waals surface area (Å²) >= 11 is 1.57. The molecule has 8 heteroatoms. The van der Waals surface area contributed by atoms with Crippen molar-refractivity contribution in [2.75, 3.05) is 6.54 Å². The Kier molecular flexibility index (Phi) is 4.74. The SMILES string of the molecule is Cl.O=C(O)C1CCCN1Cc1nc(-c2ccsc2)no1. The van der Waals surface area contributed by atoms with Crippen LogP contribution in [-0.2, 0) is 11.3 Å². The highest BCUT2D eigenvalue weighted by Crippen LogP contribution is 2.22. The van der Waals surface area contributed by atoms with E-state index in [-0.39, 0.29) is 12.4 Å². The van der Waals surface area contributed by atoms with Crippen molar-refractivity contribution in [1.82, 2.24) is 15.0 Å². The van der Waals surface area contributed by atoms with Crippen LogP contribution in [0.15, 0.2) is 21.3 Å². The summed E-state index contributed by atoms with van der Waals surface area (Å²) in [5.41, 5.74) is 0.927. The number of nitrogens with zero attached hydrogens (tertiary/aromatic N) is 3. The number of aliphatic carboxylic acids is 1. The van der Waals surface area contributed by atoms with E-state index >= 15 is 0 Å². The molecular weight excluding hydrogens is 302 g/mol. The Morgan fingerprint density at radius 3 is 3.15 bits per heavy atom. The molecule has 1 aliphatic heterocycles. The molecule has 1 unspecified atom stereocenters. The summed E-state index contributed by atoms with van der Waals surface area (Å²) in [4.78, 5) is 17.3. The van der Waals surface area contributed by atoms with Crippen LogP contribution in [0.5, 0.6) is 0 Å². The third-order valence-corrected chi connectivity index (χ3v) is 3.92. The molecule has 0 bridgehead atoms. The van der Waals surface area contributed by atoms with Crippen LogP contribution in [0.3, 0.4) is 0 Å². The van der Waals surface area contributed by atoms with Crippen molar-refractivity contribution < 1.29 is 14.4 Å². The maximum absolute atomic E-state index is 11.1. The summed E-state index contributed by atoms with van der Waals surface area (Å²) in [5.74, 6) is 0.242. The summed E-state index contributed by atoms with van der Waals surface area (Å²) in [6, 6.07) is 1.49. The third-order valence-electron chi connectivity index (χ3n) is 3.23. The molecule has 3 heterocycles. The molecule has 1 N–H and O–H groups in total. The van der Waals surface area contributed by atoms with Crippen molar-refractivity contribution in [3.05, 3.63) is 22.7 Å². The monoisotopic (exact) mass is 315 g/mol. The summed E-state index contributed by atoms with van der Waals surface area (Å²) in [5, 5.41) is 16.9. The van der Waals surface area contributed by atoms with Crippen LogP contribution in [-0.4, -0.2) is 38.7 Å². The number of likely N-dealkylation sites (tertiary alicyclic amines) is 1. The van der Waals surface area contributed by atoms with Crippen molar-refractivity contribution >= 4 is 29.7 Å². The minimum Gasteiger partial charge on any atom is -0.480 e. The number of carbonyl (C=O) groups is 1. The highest BCUT2D eigenvalue weighted by molar-refractivity contribution is 7.08. The van der Waals surface area contributed by atoms with Gasteiger partial charge in [0.25, 0.3) is 0 Å². The Morgan fingerprint density at radius 1 is 1.60 bits per heavy atom. The summed E-state index contributed by atoms with van der Waals surface area (Å²) in [6.45, 7) is 1.15. The first-order valence-electron chi connectivity index (χ1n) is 6.06. The first-order valence-corrected chi connectivity index (χ1v) is 7.00. The van der Waals surface area contributed by atoms with E-state index in [2.05, 4.69) is 10.1 Å². The van der Waals surface area contributed by atoms with Gasteiger partial charge in [-0.3, -0.25) is 9.69 Å². The highest BCUT2D eigenvalue weighted by Gasteiger charge is 2.31. The van der Waals surface area contributed by atoms with Crippen LogP contribution < -0.4 is 0 Å². The Labute approximate surface area is 125 Å². The smallest absolute Gasteiger partial charge is 0.320 e. The third kappa shape index (κ3) is 3.00. The second kappa shape index (κ2) is 6.34. The van der Waals surface area contributed by atoms with E-state index in [4.69, 9.17) is 9.63 Å².